The van der Waals surface area contributed by atoms with Crippen molar-refractivity contribution in [3.63, 3.8) is 0 Å². The van der Waals surface area contributed by atoms with Crippen LogP contribution in [0.25, 0.3) is 21.1 Å². The molecule has 2 N–H and O–H groups in total. The summed E-state index contributed by atoms with van der Waals surface area (Å²) in [6.45, 7) is 4.38. The predicted octanol–water partition coefficient (Wildman–Crippen LogP) is 6.88. The van der Waals surface area contributed by atoms with Crippen LogP contribution in [0.5, 0.6) is 0 Å². The Morgan fingerprint density at radius 2 is 1.35 bits per heavy atom. The molecule has 8 fully saturated rings. The third-order valence-corrected chi connectivity index (χ3v) is 14.6. The molecule has 4 saturated carbocycles. The molecule has 8 nitrogen and oxygen atoms in total. The van der Waals surface area contributed by atoms with Crippen molar-refractivity contribution < 1.29 is 19.8 Å². The number of piperidine rings is 4. The monoisotopic (exact) mass is 708 g/mol. The van der Waals surface area contributed by atoms with Crippen LogP contribution < -0.4 is 0 Å². The molecule has 51 heavy (non-hydrogen) atoms. The minimum Gasteiger partial charge on any atom is -0.390 e. The molecule has 270 valence electrons. The number of hydrogen-bond acceptors (Lipinski definition) is 6. The first kappa shape index (κ1) is 33.6. The number of fused-ring (bicyclic) bond motifs is 2. The first-order valence-corrected chi connectivity index (χ1v) is 20.1. The molecule has 0 radical (unpaired) electrons. The summed E-state index contributed by atoms with van der Waals surface area (Å²) in [5, 5.41) is 23.7. The number of amides is 2. The lowest BCUT2D eigenvalue weighted by Gasteiger charge is -2.60. The molecule has 4 unspecified atom stereocenters. The summed E-state index contributed by atoms with van der Waals surface area (Å²) >= 11 is 1.69. The van der Waals surface area contributed by atoms with Crippen LogP contribution in [0.2, 0.25) is 0 Å². The molecule has 2 amide bonds. The smallest absolute Gasteiger partial charge is 0.223 e. The molecule has 4 aromatic rings. The van der Waals surface area contributed by atoms with Crippen LogP contribution in [0.4, 0.5) is 0 Å². The summed E-state index contributed by atoms with van der Waals surface area (Å²) < 4.78 is 3.35. The molecular weight excluding hydrogens is 657 g/mol. The number of aliphatic hydroxyl groups is 2. The topological polar surface area (TPSA) is 98.9 Å². The molecule has 4 aliphatic heterocycles. The van der Waals surface area contributed by atoms with Gasteiger partial charge in [0.1, 0.15) is 0 Å². The second kappa shape index (κ2) is 12.1. The van der Waals surface area contributed by atoms with Gasteiger partial charge in [0, 0.05) is 73.0 Å². The summed E-state index contributed by atoms with van der Waals surface area (Å²) in [4.78, 5) is 35.2. The summed E-state index contributed by atoms with van der Waals surface area (Å²) in [7, 11) is 2.08. The SMILES string of the molecule is Cn1cc(C(C)(C)CC(=O)N2C3CC4CC2CC(O)(C4)C3)c2ccccc21.O=C(CCc1nc2ccccc2s1)N1C2CC3CC1CC(O)(C3)C2. The van der Waals surface area contributed by atoms with Crippen molar-refractivity contribution in [3.8, 4) is 0 Å². The second-order valence-electron chi connectivity index (χ2n) is 17.9. The van der Waals surface area contributed by atoms with E-state index in [2.05, 4.69) is 76.8 Å². The first-order chi connectivity index (χ1) is 24.4. The van der Waals surface area contributed by atoms with Gasteiger partial charge in [0.05, 0.1) is 26.4 Å². The maximum atomic E-state index is 13.4. The summed E-state index contributed by atoms with van der Waals surface area (Å²) in [5.41, 5.74) is 2.28. The van der Waals surface area contributed by atoms with E-state index in [0.29, 0.717) is 24.7 Å². The van der Waals surface area contributed by atoms with Crippen LogP contribution in [-0.4, -0.2) is 76.7 Å². The molecule has 4 atom stereocenters. The Morgan fingerprint density at radius 1 is 0.804 bits per heavy atom. The molecule has 4 saturated heterocycles. The van der Waals surface area contributed by atoms with Crippen LogP contribution in [-0.2, 0) is 28.5 Å². The maximum absolute atomic E-state index is 13.4. The van der Waals surface area contributed by atoms with Crippen molar-refractivity contribution in [3.05, 3.63) is 65.3 Å². The van der Waals surface area contributed by atoms with Gasteiger partial charge in [-0.1, -0.05) is 44.2 Å². The zero-order valence-corrected chi connectivity index (χ0v) is 31.1. The number of hydrogen-bond donors (Lipinski definition) is 2. The van der Waals surface area contributed by atoms with Crippen molar-refractivity contribution in [2.45, 2.75) is 138 Å². The minimum absolute atomic E-state index is 0.219. The van der Waals surface area contributed by atoms with Crippen molar-refractivity contribution >= 4 is 44.3 Å². The number of carbonyl (C=O) groups is 2. The van der Waals surface area contributed by atoms with Gasteiger partial charge in [-0.2, -0.15) is 0 Å². The number of rotatable bonds is 6. The molecular formula is C42H52N4O4S. The van der Waals surface area contributed by atoms with Crippen molar-refractivity contribution in [2.75, 3.05) is 0 Å². The van der Waals surface area contributed by atoms with Crippen LogP contribution in [0.15, 0.2) is 54.7 Å². The van der Waals surface area contributed by atoms with E-state index in [1.165, 1.54) is 21.2 Å². The molecule has 8 aliphatic rings. The van der Waals surface area contributed by atoms with E-state index in [4.69, 9.17) is 0 Å². The van der Waals surface area contributed by atoms with Crippen molar-refractivity contribution in [2.24, 2.45) is 18.9 Å². The van der Waals surface area contributed by atoms with Gasteiger partial charge in [0.15, 0.2) is 0 Å². The first-order valence-electron chi connectivity index (χ1n) is 19.3. The number of benzene rings is 2. The Morgan fingerprint density at radius 3 is 1.94 bits per heavy atom. The fourth-order valence-electron chi connectivity index (χ4n) is 11.8. The van der Waals surface area contributed by atoms with Crippen molar-refractivity contribution in [1.82, 2.24) is 19.4 Å². The number of para-hydroxylation sites is 2. The molecule has 4 aliphatic carbocycles. The van der Waals surface area contributed by atoms with Gasteiger partial charge in [-0.3, -0.25) is 9.59 Å². The van der Waals surface area contributed by atoms with Crippen LogP contribution in [0, 0.1) is 11.8 Å². The Bertz CT molecular complexity index is 1930. The van der Waals surface area contributed by atoms with E-state index >= 15 is 0 Å². The Balaban J connectivity index is 0.000000137. The summed E-state index contributed by atoms with van der Waals surface area (Å²) in [6.07, 6.45) is 13.3. The highest BCUT2D eigenvalue weighted by atomic mass is 32.1. The number of nitrogens with zero attached hydrogens (tertiary/aromatic N) is 4. The van der Waals surface area contributed by atoms with E-state index in [1.54, 1.807) is 11.3 Å². The van der Waals surface area contributed by atoms with E-state index in [9.17, 15) is 19.8 Å². The molecule has 6 heterocycles. The largest absolute Gasteiger partial charge is 0.390 e. The highest BCUT2D eigenvalue weighted by Crippen LogP contribution is 2.53. The molecule has 8 bridgehead atoms. The lowest BCUT2D eigenvalue weighted by Crippen LogP contribution is -2.66. The van der Waals surface area contributed by atoms with Gasteiger partial charge in [-0.15, -0.1) is 11.3 Å². The van der Waals surface area contributed by atoms with E-state index in [-0.39, 0.29) is 41.4 Å². The van der Waals surface area contributed by atoms with Gasteiger partial charge in [0.25, 0.3) is 0 Å². The number of aromatic nitrogens is 2. The zero-order valence-electron chi connectivity index (χ0n) is 30.3. The third-order valence-electron chi connectivity index (χ3n) is 13.5. The average molecular weight is 709 g/mol. The number of carbonyl (C=O) groups excluding carboxylic acids is 2. The van der Waals surface area contributed by atoms with E-state index in [1.807, 2.05) is 18.2 Å². The molecule has 9 heteroatoms. The van der Waals surface area contributed by atoms with Gasteiger partial charge in [-0.25, -0.2) is 4.98 Å². The van der Waals surface area contributed by atoms with Crippen LogP contribution in [0.3, 0.4) is 0 Å². The molecule has 2 aromatic carbocycles. The predicted molar refractivity (Wildman–Crippen MR) is 200 cm³/mol. The standard InChI is InChI=1S/C23H30N2O2.C19H22N2O2S/c1-22(2,19-14-24(3)20-7-5-4-6-18(19)20)13-21(26)25-16-8-15-9-17(25)12-23(27,10-15)11-16;22-18(6-5-17-20-15-3-1-2-4-16(15)24-17)21-13-7-12-8-14(21)11-19(23,9-12)10-13/h4-7,14-17,27H,8-13H2,1-3H3;1-4,12-14,23H,5-11H2. The second-order valence-corrected chi connectivity index (χ2v) is 19.0. The van der Waals surface area contributed by atoms with Gasteiger partial charge >= 0.3 is 0 Å². The molecule has 12 rings (SSSR count). The zero-order chi connectivity index (χ0) is 35.3. The van der Waals surface area contributed by atoms with Gasteiger partial charge < -0.3 is 24.6 Å². The fraction of sp³-hybridized carbons (Fsp3) is 0.595. The minimum atomic E-state index is -0.502. The lowest BCUT2D eigenvalue weighted by molar-refractivity contribution is -0.176. The summed E-state index contributed by atoms with van der Waals surface area (Å²) in [5.74, 6) is 1.76. The van der Waals surface area contributed by atoms with E-state index in [0.717, 1.165) is 81.2 Å². The van der Waals surface area contributed by atoms with E-state index < -0.39 is 11.2 Å². The maximum Gasteiger partial charge on any atom is 0.223 e. The van der Waals surface area contributed by atoms with Crippen molar-refractivity contribution in [1.29, 1.82) is 0 Å². The highest BCUT2D eigenvalue weighted by molar-refractivity contribution is 7.18. The summed E-state index contributed by atoms with van der Waals surface area (Å²) in [6, 6.07) is 17.6. The van der Waals surface area contributed by atoms with Crippen LogP contribution in [0.1, 0.15) is 101 Å². The van der Waals surface area contributed by atoms with Gasteiger partial charge in [-0.05, 0) is 99.8 Å². The number of thiazole rings is 1. The molecule has 2 aromatic heterocycles. The quantitative estimate of drug-likeness (QED) is 0.228. The molecule has 0 spiro atoms. The van der Waals surface area contributed by atoms with Crippen LogP contribution >= 0.6 is 11.3 Å². The highest BCUT2D eigenvalue weighted by Gasteiger charge is 2.56. The normalized spacial score (nSPS) is 33.3. The number of aryl methyl sites for hydroxylation is 2. The van der Waals surface area contributed by atoms with Gasteiger partial charge in [0.2, 0.25) is 11.8 Å². The Labute approximate surface area is 304 Å². The average Bonchev–Trinajstić information content (AvgIpc) is 3.63. The lowest BCUT2D eigenvalue weighted by atomic mass is 9.61. The Hall–Kier alpha value is -3.27. The Kier molecular flexibility index (Phi) is 7.99. The third kappa shape index (κ3) is 6.01. The fourth-order valence-corrected chi connectivity index (χ4v) is 12.8.